The van der Waals surface area contributed by atoms with E-state index in [9.17, 15) is 0 Å². The second-order valence-corrected chi connectivity index (χ2v) is 2.62. The minimum atomic E-state index is 0.743. The molecule has 1 heteroatoms. The molecule has 8 heavy (non-hydrogen) atoms. The molecular formula is C7H13Br. The summed E-state index contributed by atoms with van der Waals surface area (Å²) < 4.78 is 0. The molecule has 0 nitrogen and oxygen atoms in total. The van der Waals surface area contributed by atoms with Crippen molar-refractivity contribution in [1.82, 2.24) is 0 Å². The van der Waals surface area contributed by atoms with E-state index in [0.717, 1.165) is 11.2 Å². The lowest BCUT2D eigenvalue weighted by molar-refractivity contribution is 0.697. The topological polar surface area (TPSA) is 0 Å². The number of allylic oxidation sites excluding steroid dienone is 2. The maximum Gasteiger partial charge on any atom is 0.0212 e. The zero-order valence-corrected chi connectivity index (χ0v) is 7.11. The van der Waals surface area contributed by atoms with Crippen LogP contribution in [0, 0.1) is 5.92 Å². The lowest BCUT2D eigenvalue weighted by Gasteiger charge is -1.96. The van der Waals surface area contributed by atoms with Gasteiger partial charge in [0.25, 0.3) is 0 Å². The van der Waals surface area contributed by atoms with E-state index >= 15 is 0 Å². The Morgan fingerprint density at radius 1 is 1.62 bits per heavy atom. The van der Waals surface area contributed by atoms with Gasteiger partial charge in [0.2, 0.25) is 0 Å². The molecule has 0 radical (unpaired) electrons. The summed E-state index contributed by atoms with van der Waals surface area (Å²) in [6.45, 7) is 4.42. The van der Waals surface area contributed by atoms with Crippen molar-refractivity contribution in [1.29, 1.82) is 0 Å². The first kappa shape index (κ1) is 8.22. The summed E-state index contributed by atoms with van der Waals surface area (Å²) >= 11 is 3.32. The molecule has 0 aromatic rings. The zero-order chi connectivity index (χ0) is 6.41. The Balaban J connectivity index is 3.21. The molecule has 0 aliphatic carbocycles. The van der Waals surface area contributed by atoms with Crippen LogP contribution in [0.25, 0.3) is 0 Å². The summed E-state index contributed by atoms with van der Waals surface area (Å²) in [6.07, 6.45) is 5.62. The summed E-state index contributed by atoms with van der Waals surface area (Å²) in [7, 11) is 0. The highest BCUT2D eigenvalue weighted by Crippen LogP contribution is 2.01. The summed E-state index contributed by atoms with van der Waals surface area (Å²) in [5, 5.41) is 0.983. The molecule has 0 aliphatic rings. The van der Waals surface area contributed by atoms with Crippen LogP contribution < -0.4 is 0 Å². The molecule has 0 aromatic carbocycles. The van der Waals surface area contributed by atoms with Gasteiger partial charge in [-0.25, -0.2) is 0 Å². The fourth-order valence-electron chi connectivity index (χ4n) is 0.420. The standard InChI is InChI=1S/C7H13Br/c1-3-7(2)5-4-6-8/h4-5,7H,3,6H2,1-2H3/b5-4+/t7-/m0/s1. The van der Waals surface area contributed by atoms with Gasteiger partial charge in [-0.1, -0.05) is 48.4 Å². The van der Waals surface area contributed by atoms with Crippen molar-refractivity contribution >= 4 is 15.9 Å². The van der Waals surface area contributed by atoms with E-state index in [1.54, 1.807) is 0 Å². The van der Waals surface area contributed by atoms with Crippen LogP contribution in [0.4, 0.5) is 0 Å². The maximum absolute atomic E-state index is 3.32. The molecule has 0 spiro atoms. The maximum atomic E-state index is 3.32. The van der Waals surface area contributed by atoms with Gasteiger partial charge in [-0.3, -0.25) is 0 Å². The fraction of sp³-hybridized carbons (Fsp3) is 0.714. The van der Waals surface area contributed by atoms with Gasteiger partial charge in [-0.2, -0.15) is 0 Å². The normalized spacial score (nSPS) is 14.9. The molecule has 0 saturated carbocycles. The number of hydrogen-bond donors (Lipinski definition) is 0. The summed E-state index contributed by atoms with van der Waals surface area (Å²) in [5.74, 6) is 0.743. The molecule has 1 atom stereocenters. The molecule has 0 saturated heterocycles. The molecule has 0 rings (SSSR count). The van der Waals surface area contributed by atoms with Gasteiger partial charge in [0.1, 0.15) is 0 Å². The SMILES string of the molecule is CC[C@H](C)/C=C/CBr. The number of alkyl halides is 1. The smallest absolute Gasteiger partial charge is 0.0212 e. The predicted molar refractivity (Wildman–Crippen MR) is 42.4 cm³/mol. The number of hydrogen-bond acceptors (Lipinski definition) is 0. The molecule has 0 fully saturated rings. The molecule has 0 aromatic heterocycles. The lowest BCUT2D eigenvalue weighted by Crippen LogP contribution is -1.83. The van der Waals surface area contributed by atoms with Crippen LogP contribution in [0.3, 0.4) is 0 Å². The first-order valence-corrected chi connectivity index (χ1v) is 4.16. The van der Waals surface area contributed by atoms with Gasteiger partial charge < -0.3 is 0 Å². The van der Waals surface area contributed by atoms with Gasteiger partial charge in [0.15, 0.2) is 0 Å². The van der Waals surface area contributed by atoms with Crippen LogP contribution in [0.15, 0.2) is 12.2 Å². The van der Waals surface area contributed by atoms with Gasteiger partial charge in [0.05, 0.1) is 0 Å². The summed E-state index contributed by atoms with van der Waals surface area (Å²) in [5.41, 5.74) is 0. The molecule has 0 aliphatic heterocycles. The van der Waals surface area contributed by atoms with Crippen LogP contribution >= 0.6 is 15.9 Å². The van der Waals surface area contributed by atoms with E-state index < -0.39 is 0 Å². The molecular weight excluding hydrogens is 164 g/mol. The highest BCUT2D eigenvalue weighted by Gasteiger charge is 1.87. The van der Waals surface area contributed by atoms with Crippen molar-refractivity contribution in [3.05, 3.63) is 12.2 Å². The lowest BCUT2D eigenvalue weighted by atomic mass is 10.1. The third-order valence-electron chi connectivity index (χ3n) is 1.20. The number of halogens is 1. The Kier molecular flexibility index (Phi) is 5.51. The van der Waals surface area contributed by atoms with Gasteiger partial charge in [0, 0.05) is 5.33 Å². The molecule has 0 unspecified atom stereocenters. The highest BCUT2D eigenvalue weighted by atomic mass is 79.9. The van der Waals surface area contributed by atoms with E-state index in [1.807, 2.05) is 0 Å². The van der Waals surface area contributed by atoms with E-state index in [1.165, 1.54) is 6.42 Å². The second-order valence-electron chi connectivity index (χ2n) is 1.97. The van der Waals surface area contributed by atoms with E-state index in [0.29, 0.717) is 0 Å². The third kappa shape index (κ3) is 4.38. The first-order chi connectivity index (χ1) is 3.81. The Labute approximate surface area is 60.1 Å². The summed E-state index contributed by atoms with van der Waals surface area (Å²) in [4.78, 5) is 0. The molecule has 0 N–H and O–H groups in total. The van der Waals surface area contributed by atoms with Crippen molar-refractivity contribution in [2.45, 2.75) is 20.3 Å². The van der Waals surface area contributed by atoms with Crippen LogP contribution in [0.5, 0.6) is 0 Å². The Morgan fingerprint density at radius 3 is 2.62 bits per heavy atom. The van der Waals surface area contributed by atoms with Crippen molar-refractivity contribution in [2.24, 2.45) is 5.92 Å². The van der Waals surface area contributed by atoms with Crippen LogP contribution in [-0.2, 0) is 0 Å². The highest BCUT2D eigenvalue weighted by molar-refractivity contribution is 9.09. The minimum absolute atomic E-state index is 0.743. The van der Waals surface area contributed by atoms with Crippen molar-refractivity contribution in [3.8, 4) is 0 Å². The molecule has 48 valence electrons. The predicted octanol–water partition coefficient (Wildman–Crippen LogP) is 2.98. The second kappa shape index (κ2) is 5.36. The van der Waals surface area contributed by atoms with Crippen molar-refractivity contribution in [2.75, 3.05) is 5.33 Å². The van der Waals surface area contributed by atoms with Crippen LogP contribution in [0.2, 0.25) is 0 Å². The van der Waals surface area contributed by atoms with Gasteiger partial charge >= 0.3 is 0 Å². The third-order valence-corrected chi connectivity index (χ3v) is 1.57. The Morgan fingerprint density at radius 2 is 2.25 bits per heavy atom. The Bertz CT molecular complexity index is 66.8. The van der Waals surface area contributed by atoms with Crippen molar-refractivity contribution in [3.63, 3.8) is 0 Å². The monoisotopic (exact) mass is 176 g/mol. The Hall–Kier alpha value is 0.220. The molecule has 0 bridgehead atoms. The van der Waals surface area contributed by atoms with Gasteiger partial charge in [-0.05, 0) is 5.92 Å². The zero-order valence-electron chi connectivity index (χ0n) is 5.52. The largest absolute Gasteiger partial charge is 0.0883 e. The van der Waals surface area contributed by atoms with Crippen LogP contribution in [-0.4, -0.2) is 5.33 Å². The number of rotatable bonds is 3. The van der Waals surface area contributed by atoms with Crippen LogP contribution in [0.1, 0.15) is 20.3 Å². The van der Waals surface area contributed by atoms with Crippen molar-refractivity contribution < 1.29 is 0 Å². The van der Waals surface area contributed by atoms with E-state index in [-0.39, 0.29) is 0 Å². The average molecular weight is 177 g/mol. The minimum Gasteiger partial charge on any atom is -0.0883 e. The van der Waals surface area contributed by atoms with E-state index in [4.69, 9.17) is 0 Å². The summed E-state index contributed by atoms with van der Waals surface area (Å²) in [6, 6.07) is 0. The molecule has 0 heterocycles. The van der Waals surface area contributed by atoms with E-state index in [2.05, 4.69) is 41.9 Å². The quantitative estimate of drug-likeness (QED) is 0.459. The first-order valence-electron chi connectivity index (χ1n) is 3.03. The van der Waals surface area contributed by atoms with Gasteiger partial charge in [-0.15, -0.1) is 0 Å². The molecule has 0 amide bonds. The fourth-order valence-corrected chi connectivity index (χ4v) is 0.636. The average Bonchev–Trinajstić information content (AvgIpc) is 1.83.